The van der Waals surface area contributed by atoms with Crippen molar-refractivity contribution in [1.29, 1.82) is 5.26 Å². The Morgan fingerprint density at radius 3 is 2.84 bits per heavy atom. The van der Waals surface area contributed by atoms with E-state index in [1.807, 2.05) is 25.3 Å². The van der Waals surface area contributed by atoms with Gasteiger partial charge in [-0.1, -0.05) is 17.7 Å². The highest BCUT2D eigenvalue weighted by molar-refractivity contribution is 6.30. The summed E-state index contributed by atoms with van der Waals surface area (Å²) >= 11 is 5.85. The van der Waals surface area contributed by atoms with E-state index in [-0.39, 0.29) is 0 Å². The Morgan fingerprint density at radius 1 is 1.32 bits per heavy atom. The fourth-order valence-electron chi connectivity index (χ4n) is 1.75. The largest absolute Gasteiger partial charge is 0.384 e. The highest BCUT2D eigenvalue weighted by atomic mass is 35.5. The van der Waals surface area contributed by atoms with Crippen LogP contribution >= 0.6 is 11.6 Å². The van der Waals surface area contributed by atoms with E-state index in [1.165, 1.54) is 5.56 Å². The number of rotatable bonds is 4. The maximum absolute atomic E-state index is 9.03. The summed E-state index contributed by atoms with van der Waals surface area (Å²) in [7, 11) is 0. The van der Waals surface area contributed by atoms with Crippen molar-refractivity contribution in [2.24, 2.45) is 0 Å². The van der Waals surface area contributed by atoms with Crippen LogP contribution in [0.25, 0.3) is 0 Å². The Bertz CT molecular complexity index is 600. The fourth-order valence-corrected chi connectivity index (χ4v) is 1.92. The Balaban J connectivity index is 1.96. The molecule has 0 fully saturated rings. The number of aryl methyl sites for hydroxylation is 1. The van der Waals surface area contributed by atoms with E-state index in [2.05, 4.69) is 22.4 Å². The summed E-state index contributed by atoms with van der Waals surface area (Å²) < 4.78 is 0. The van der Waals surface area contributed by atoms with Crippen LogP contribution in [0.3, 0.4) is 0 Å². The van der Waals surface area contributed by atoms with Gasteiger partial charge in [0, 0.05) is 23.5 Å². The second-order valence-electron chi connectivity index (χ2n) is 4.29. The molecular weight excluding hydrogens is 258 g/mol. The number of halogens is 1. The normalized spacial score (nSPS) is 9.95. The molecule has 0 radical (unpaired) electrons. The predicted octanol–water partition coefficient (Wildman–Crippen LogP) is 3.57. The lowest BCUT2D eigenvalue weighted by Crippen LogP contribution is -2.06. The van der Waals surface area contributed by atoms with Crippen molar-refractivity contribution in [2.45, 2.75) is 13.3 Å². The summed E-state index contributed by atoms with van der Waals surface area (Å²) in [5.74, 6) is 0. The summed E-state index contributed by atoms with van der Waals surface area (Å²) in [5, 5.41) is 12.9. The van der Waals surface area contributed by atoms with Crippen molar-refractivity contribution >= 4 is 17.3 Å². The maximum atomic E-state index is 9.03. The first kappa shape index (κ1) is 13.4. The molecule has 0 saturated heterocycles. The van der Waals surface area contributed by atoms with Crippen molar-refractivity contribution in [3.8, 4) is 6.07 Å². The minimum Gasteiger partial charge on any atom is -0.384 e. The zero-order valence-electron chi connectivity index (χ0n) is 10.7. The van der Waals surface area contributed by atoms with Gasteiger partial charge >= 0.3 is 0 Å². The highest BCUT2D eigenvalue weighted by Crippen LogP contribution is 2.19. The van der Waals surface area contributed by atoms with E-state index in [1.54, 1.807) is 12.1 Å². The average molecular weight is 272 g/mol. The highest BCUT2D eigenvalue weighted by Gasteiger charge is 2.02. The summed E-state index contributed by atoms with van der Waals surface area (Å²) in [4.78, 5) is 4.25. The summed E-state index contributed by atoms with van der Waals surface area (Å²) in [6, 6.07) is 11.5. The number of pyridine rings is 1. The molecule has 0 aliphatic heterocycles. The van der Waals surface area contributed by atoms with Crippen molar-refractivity contribution < 1.29 is 0 Å². The van der Waals surface area contributed by atoms with Crippen LogP contribution in [0, 0.1) is 18.3 Å². The van der Waals surface area contributed by atoms with Crippen LogP contribution in [-0.2, 0) is 6.42 Å². The third-order valence-electron chi connectivity index (χ3n) is 2.80. The van der Waals surface area contributed by atoms with Crippen LogP contribution in [0.4, 0.5) is 5.69 Å². The molecule has 1 N–H and O–H groups in total. The van der Waals surface area contributed by atoms with Crippen LogP contribution in [0.5, 0.6) is 0 Å². The Hall–Kier alpha value is -2.05. The number of aromatic nitrogens is 1. The van der Waals surface area contributed by atoms with Crippen LogP contribution in [0.1, 0.15) is 16.8 Å². The van der Waals surface area contributed by atoms with Gasteiger partial charge in [0.15, 0.2) is 0 Å². The summed E-state index contributed by atoms with van der Waals surface area (Å²) in [5.41, 5.74) is 3.56. The van der Waals surface area contributed by atoms with Gasteiger partial charge in [0.2, 0.25) is 0 Å². The quantitative estimate of drug-likeness (QED) is 0.925. The molecule has 0 amide bonds. The van der Waals surface area contributed by atoms with Crippen LogP contribution in [-0.4, -0.2) is 11.5 Å². The van der Waals surface area contributed by atoms with E-state index < -0.39 is 0 Å². The van der Waals surface area contributed by atoms with Gasteiger partial charge in [-0.05, 0) is 43.2 Å². The molecule has 2 rings (SSSR count). The van der Waals surface area contributed by atoms with Gasteiger partial charge in [-0.2, -0.15) is 5.26 Å². The van der Waals surface area contributed by atoms with Crippen LogP contribution < -0.4 is 5.32 Å². The van der Waals surface area contributed by atoms with Gasteiger partial charge in [-0.3, -0.25) is 4.98 Å². The lowest BCUT2D eigenvalue weighted by Gasteiger charge is -2.08. The number of hydrogen-bond acceptors (Lipinski definition) is 3. The molecule has 0 aliphatic rings. The molecule has 2 aromatic rings. The lowest BCUT2D eigenvalue weighted by atomic mass is 10.1. The zero-order chi connectivity index (χ0) is 13.7. The molecule has 0 saturated carbocycles. The number of anilines is 1. The van der Waals surface area contributed by atoms with Gasteiger partial charge < -0.3 is 5.32 Å². The third kappa shape index (κ3) is 3.70. The van der Waals surface area contributed by atoms with Crippen molar-refractivity contribution in [3.05, 3.63) is 58.4 Å². The molecule has 1 aromatic heterocycles. The van der Waals surface area contributed by atoms with Crippen molar-refractivity contribution in [2.75, 3.05) is 11.9 Å². The lowest BCUT2D eigenvalue weighted by molar-refractivity contribution is 0.996. The van der Waals surface area contributed by atoms with Gasteiger partial charge in [0.25, 0.3) is 0 Å². The van der Waals surface area contributed by atoms with Gasteiger partial charge in [0.05, 0.1) is 11.3 Å². The average Bonchev–Trinajstić information content (AvgIpc) is 2.42. The summed E-state index contributed by atoms with van der Waals surface area (Å²) in [6.45, 7) is 2.72. The minimum atomic E-state index is 0.564. The van der Waals surface area contributed by atoms with E-state index in [9.17, 15) is 0 Å². The second-order valence-corrected chi connectivity index (χ2v) is 4.72. The first-order chi connectivity index (χ1) is 9.19. The predicted molar refractivity (Wildman–Crippen MR) is 77.3 cm³/mol. The molecule has 0 bridgehead atoms. The van der Waals surface area contributed by atoms with Crippen molar-refractivity contribution in [3.63, 3.8) is 0 Å². The molecule has 0 spiro atoms. The number of nitrogens with one attached hydrogen (secondary N) is 1. The minimum absolute atomic E-state index is 0.564. The third-order valence-corrected chi connectivity index (χ3v) is 3.04. The topological polar surface area (TPSA) is 48.7 Å². The molecule has 1 heterocycles. The van der Waals surface area contributed by atoms with Crippen molar-refractivity contribution in [1.82, 2.24) is 4.98 Å². The van der Waals surface area contributed by atoms with Gasteiger partial charge in [0.1, 0.15) is 6.07 Å². The van der Waals surface area contributed by atoms with E-state index >= 15 is 0 Å². The smallest absolute Gasteiger partial charge is 0.101 e. The number of benzene rings is 1. The maximum Gasteiger partial charge on any atom is 0.101 e. The molecule has 19 heavy (non-hydrogen) atoms. The number of nitriles is 1. The molecule has 1 aromatic carbocycles. The molecular formula is C15H14ClN3. The second kappa shape index (κ2) is 6.21. The van der Waals surface area contributed by atoms with Gasteiger partial charge in [-0.25, -0.2) is 0 Å². The monoisotopic (exact) mass is 271 g/mol. The first-order valence-corrected chi connectivity index (χ1v) is 6.42. The molecule has 0 aliphatic carbocycles. The standard InChI is InChI=1S/C15H14ClN3/c1-11-2-3-12(10-19-11)6-7-18-15-5-4-14(16)8-13(15)9-17/h2-5,8,10,18H,6-7H2,1H3. The summed E-state index contributed by atoms with van der Waals surface area (Å²) in [6.07, 6.45) is 2.74. The molecule has 4 heteroatoms. The van der Waals surface area contributed by atoms with E-state index in [0.29, 0.717) is 10.6 Å². The van der Waals surface area contributed by atoms with E-state index in [4.69, 9.17) is 16.9 Å². The Morgan fingerprint density at radius 2 is 2.16 bits per heavy atom. The number of hydrogen-bond donors (Lipinski definition) is 1. The molecule has 96 valence electrons. The molecule has 0 atom stereocenters. The van der Waals surface area contributed by atoms with Crippen LogP contribution in [0.15, 0.2) is 36.5 Å². The van der Waals surface area contributed by atoms with Gasteiger partial charge in [-0.15, -0.1) is 0 Å². The Labute approximate surface area is 117 Å². The molecule has 3 nitrogen and oxygen atoms in total. The fraction of sp³-hybridized carbons (Fsp3) is 0.200. The zero-order valence-corrected chi connectivity index (χ0v) is 11.4. The first-order valence-electron chi connectivity index (χ1n) is 6.04. The number of nitrogens with zero attached hydrogens (tertiary/aromatic N) is 2. The molecule has 0 unspecified atom stereocenters. The van der Waals surface area contributed by atoms with Crippen LogP contribution in [0.2, 0.25) is 5.02 Å². The van der Waals surface area contributed by atoms with E-state index in [0.717, 1.165) is 24.3 Å². The SMILES string of the molecule is Cc1ccc(CCNc2ccc(Cl)cc2C#N)cn1. The Kier molecular flexibility index (Phi) is 4.38.